The van der Waals surface area contributed by atoms with Gasteiger partial charge in [0, 0.05) is 4.88 Å². The van der Waals surface area contributed by atoms with Crippen LogP contribution in [0.2, 0.25) is 4.34 Å². The van der Waals surface area contributed by atoms with Gasteiger partial charge in [0.05, 0.1) is 15.5 Å². The van der Waals surface area contributed by atoms with Gasteiger partial charge in [0.2, 0.25) is 0 Å². The maximum absolute atomic E-state index is 12.6. The van der Waals surface area contributed by atoms with Crippen molar-refractivity contribution in [2.45, 2.75) is 26.5 Å². The number of esters is 1. The molecule has 0 saturated carbocycles. The van der Waals surface area contributed by atoms with Crippen LogP contribution in [0.3, 0.4) is 0 Å². The number of hydrogen-bond acceptors (Lipinski definition) is 5. The standard InChI is InChI=1S/C18H16ClNO4S/c1-10(2)15(18(23)24-9-11-7-8-14(19)25-11)20-16(21)12-5-3-4-6-13(12)17(20)22/h3-8,10,15H,9H2,1-2H3/t15-/m0/s1. The number of nitrogens with zero attached hydrogens (tertiary/aromatic N) is 1. The van der Waals surface area contributed by atoms with E-state index in [1.807, 2.05) is 0 Å². The largest absolute Gasteiger partial charge is 0.458 e. The first kappa shape index (κ1) is 17.6. The van der Waals surface area contributed by atoms with Crippen LogP contribution in [-0.2, 0) is 16.1 Å². The average Bonchev–Trinajstić information content (AvgIpc) is 3.10. The lowest BCUT2D eigenvalue weighted by Gasteiger charge is -2.27. The Morgan fingerprint density at radius 1 is 1.12 bits per heavy atom. The van der Waals surface area contributed by atoms with Gasteiger partial charge in [0.15, 0.2) is 0 Å². The molecular formula is C18H16ClNO4S. The molecule has 0 unspecified atom stereocenters. The van der Waals surface area contributed by atoms with Crippen LogP contribution in [0.1, 0.15) is 39.4 Å². The lowest BCUT2D eigenvalue weighted by molar-refractivity contribution is -0.151. The molecule has 25 heavy (non-hydrogen) atoms. The van der Waals surface area contributed by atoms with Gasteiger partial charge in [0.25, 0.3) is 11.8 Å². The minimum absolute atomic E-state index is 0.0581. The first-order valence-electron chi connectivity index (χ1n) is 7.78. The summed E-state index contributed by atoms with van der Waals surface area (Å²) in [7, 11) is 0. The van der Waals surface area contributed by atoms with E-state index in [1.165, 1.54) is 11.3 Å². The van der Waals surface area contributed by atoms with Crippen molar-refractivity contribution in [1.29, 1.82) is 0 Å². The Bertz CT molecular complexity index is 810. The van der Waals surface area contributed by atoms with Crippen LogP contribution in [0.5, 0.6) is 0 Å². The second-order valence-corrected chi connectivity index (χ2v) is 7.83. The van der Waals surface area contributed by atoms with Crippen LogP contribution in [0.25, 0.3) is 0 Å². The number of halogens is 1. The van der Waals surface area contributed by atoms with Crippen molar-refractivity contribution in [3.63, 3.8) is 0 Å². The van der Waals surface area contributed by atoms with Gasteiger partial charge in [0.1, 0.15) is 12.6 Å². The molecule has 0 radical (unpaired) electrons. The summed E-state index contributed by atoms with van der Waals surface area (Å²) in [5, 5.41) is 0. The maximum atomic E-state index is 12.6. The van der Waals surface area contributed by atoms with Gasteiger partial charge in [-0.15, -0.1) is 11.3 Å². The van der Waals surface area contributed by atoms with Gasteiger partial charge >= 0.3 is 5.97 Å². The zero-order chi connectivity index (χ0) is 18.1. The van der Waals surface area contributed by atoms with Crippen LogP contribution < -0.4 is 0 Å². The summed E-state index contributed by atoms with van der Waals surface area (Å²) in [6.07, 6.45) is 0. The summed E-state index contributed by atoms with van der Waals surface area (Å²) in [6, 6.07) is 9.08. The summed E-state index contributed by atoms with van der Waals surface area (Å²) < 4.78 is 5.94. The number of rotatable bonds is 5. The second-order valence-electron chi connectivity index (χ2n) is 6.03. The van der Waals surface area contributed by atoms with Crippen molar-refractivity contribution < 1.29 is 19.1 Å². The number of thiophene rings is 1. The molecule has 1 aromatic carbocycles. The Morgan fingerprint density at radius 3 is 2.20 bits per heavy atom. The highest BCUT2D eigenvalue weighted by atomic mass is 35.5. The molecular weight excluding hydrogens is 362 g/mol. The van der Waals surface area contributed by atoms with E-state index in [0.717, 1.165) is 9.78 Å². The number of fused-ring (bicyclic) bond motifs is 1. The quantitative estimate of drug-likeness (QED) is 0.587. The summed E-state index contributed by atoms with van der Waals surface area (Å²) >= 11 is 7.18. The molecule has 2 amide bonds. The minimum Gasteiger partial charge on any atom is -0.458 e. The van der Waals surface area contributed by atoms with E-state index in [-0.39, 0.29) is 12.5 Å². The molecule has 0 N–H and O–H groups in total. The molecule has 7 heteroatoms. The van der Waals surface area contributed by atoms with Crippen LogP contribution in [0.4, 0.5) is 0 Å². The molecule has 0 bridgehead atoms. The SMILES string of the molecule is CC(C)[C@@H](C(=O)OCc1ccc(Cl)s1)N1C(=O)c2ccccc2C1=O. The molecule has 3 rings (SSSR count). The van der Waals surface area contributed by atoms with E-state index < -0.39 is 23.8 Å². The molecule has 0 fully saturated rings. The van der Waals surface area contributed by atoms with E-state index >= 15 is 0 Å². The van der Waals surface area contributed by atoms with E-state index in [4.69, 9.17) is 16.3 Å². The Labute approximate surface area is 154 Å². The zero-order valence-electron chi connectivity index (χ0n) is 13.7. The summed E-state index contributed by atoms with van der Waals surface area (Å²) in [5.74, 6) is -1.80. The predicted octanol–water partition coefficient (Wildman–Crippen LogP) is 3.77. The van der Waals surface area contributed by atoms with Crippen molar-refractivity contribution in [2.75, 3.05) is 0 Å². The van der Waals surface area contributed by atoms with Crippen LogP contribution in [0, 0.1) is 5.92 Å². The Morgan fingerprint density at radius 2 is 1.72 bits per heavy atom. The number of benzene rings is 1. The second kappa shape index (κ2) is 6.98. The van der Waals surface area contributed by atoms with Gasteiger partial charge in [-0.05, 0) is 30.2 Å². The Kier molecular flexibility index (Phi) is 4.92. The molecule has 1 aliphatic heterocycles. The van der Waals surface area contributed by atoms with Gasteiger partial charge in [-0.2, -0.15) is 0 Å². The number of carbonyl (C=O) groups is 3. The van der Waals surface area contributed by atoms with Crippen LogP contribution in [-0.4, -0.2) is 28.7 Å². The van der Waals surface area contributed by atoms with Crippen molar-refractivity contribution in [1.82, 2.24) is 4.90 Å². The van der Waals surface area contributed by atoms with E-state index in [0.29, 0.717) is 15.5 Å². The highest BCUT2D eigenvalue weighted by molar-refractivity contribution is 7.16. The monoisotopic (exact) mass is 377 g/mol. The first-order chi connectivity index (χ1) is 11.9. The molecule has 2 aromatic rings. The molecule has 1 atom stereocenters. The average molecular weight is 378 g/mol. The van der Waals surface area contributed by atoms with Gasteiger partial charge in [-0.1, -0.05) is 37.6 Å². The smallest absolute Gasteiger partial charge is 0.330 e. The number of amides is 2. The number of imide groups is 1. The summed E-state index contributed by atoms with van der Waals surface area (Å²) in [4.78, 5) is 39.6. The fraction of sp³-hybridized carbons (Fsp3) is 0.278. The fourth-order valence-electron chi connectivity index (χ4n) is 2.79. The van der Waals surface area contributed by atoms with Crippen molar-refractivity contribution >= 4 is 40.7 Å². The lowest BCUT2D eigenvalue weighted by atomic mass is 10.0. The van der Waals surface area contributed by atoms with Crippen molar-refractivity contribution in [3.05, 3.63) is 56.7 Å². The zero-order valence-corrected chi connectivity index (χ0v) is 15.3. The van der Waals surface area contributed by atoms with Gasteiger partial charge in [-0.3, -0.25) is 14.5 Å². The molecule has 1 aliphatic rings. The fourth-order valence-corrected chi connectivity index (χ4v) is 3.79. The third-order valence-electron chi connectivity index (χ3n) is 3.96. The summed E-state index contributed by atoms with van der Waals surface area (Å²) in [6.45, 7) is 3.61. The highest BCUT2D eigenvalue weighted by Gasteiger charge is 2.44. The van der Waals surface area contributed by atoms with E-state index in [9.17, 15) is 14.4 Å². The molecule has 0 aliphatic carbocycles. The number of ether oxygens (including phenoxy) is 1. The number of carbonyl (C=O) groups excluding carboxylic acids is 3. The molecule has 0 spiro atoms. The molecule has 0 saturated heterocycles. The third-order valence-corrected chi connectivity index (χ3v) is 5.17. The van der Waals surface area contributed by atoms with Gasteiger partial charge < -0.3 is 4.74 Å². The molecule has 5 nitrogen and oxygen atoms in total. The highest BCUT2D eigenvalue weighted by Crippen LogP contribution is 2.28. The van der Waals surface area contributed by atoms with E-state index in [2.05, 4.69) is 0 Å². The number of hydrogen-bond donors (Lipinski definition) is 0. The third kappa shape index (κ3) is 3.32. The lowest BCUT2D eigenvalue weighted by Crippen LogP contribution is -2.48. The normalized spacial score (nSPS) is 14.8. The van der Waals surface area contributed by atoms with Crippen molar-refractivity contribution in [2.24, 2.45) is 5.92 Å². The van der Waals surface area contributed by atoms with Crippen molar-refractivity contribution in [3.8, 4) is 0 Å². The molecule has 2 heterocycles. The van der Waals surface area contributed by atoms with Crippen LogP contribution >= 0.6 is 22.9 Å². The van der Waals surface area contributed by atoms with Crippen LogP contribution in [0.15, 0.2) is 36.4 Å². The minimum atomic E-state index is -0.970. The topological polar surface area (TPSA) is 63.7 Å². The molecule has 130 valence electrons. The predicted molar refractivity (Wildman–Crippen MR) is 94.7 cm³/mol. The van der Waals surface area contributed by atoms with E-state index in [1.54, 1.807) is 50.2 Å². The maximum Gasteiger partial charge on any atom is 0.330 e. The molecule has 1 aromatic heterocycles. The first-order valence-corrected chi connectivity index (χ1v) is 8.97. The van der Waals surface area contributed by atoms with Gasteiger partial charge in [-0.25, -0.2) is 4.79 Å². The Balaban J connectivity index is 1.81. The Hall–Kier alpha value is -2.18. The summed E-state index contributed by atoms with van der Waals surface area (Å²) in [5.41, 5.74) is 0.631.